The van der Waals surface area contributed by atoms with Crippen molar-refractivity contribution < 1.29 is 13.2 Å². The van der Waals surface area contributed by atoms with Crippen LogP contribution in [0.2, 0.25) is 0 Å². The maximum absolute atomic E-state index is 12.7. The highest BCUT2D eigenvalue weighted by atomic mass is 32.2. The van der Waals surface area contributed by atoms with Gasteiger partial charge in [-0.15, -0.1) is 11.3 Å². The summed E-state index contributed by atoms with van der Waals surface area (Å²) in [6.07, 6.45) is 3.37. The van der Waals surface area contributed by atoms with Gasteiger partial charge in [0.15, 0.2) is 0 Å². The Morgan fingerprint density at radius 2 is 2.21 bits per heavy atom. The number of hydrogen-bond acceptors (Lipinski definition) is 6. The molecule has 0 bridgehead atoms. The summed E-state index contributed by atoms with van der Waals surface area (Å²) in [5, 5.41) is 6.83. The average Bonchev–Trinajstić information content (AvgIpc) is 3.24. The molecule has 2 aromatic heterocycles. The van der Waals surface area contributed by atoms with Gasteiger partial charge in [-0.25, -0.2) is 22.8 Å². The summed E-state index contributed by atoms with van der Waals surface area (Å²) in [5.41, 5.74) is 1.31. The zero-order chi connectivity index (χ0) is 17.2. The van der Waals surface area contributed by atoms with Gasteiger partial charge in [0.2, 0.25) is 10.0 Å². The smallest absolute Gasteiger partial charge is 0.244 e. The number of hydrogen-bond donors (Lipinski definition) is 1. The minimum Gasteiger partial charge on any atom is -0.495 e. The molecule has 0 aliphatic heterocycles. The third-order valence-corrected chi connectivity index (χ3v) is 5.56. The Bertz CT molecular complexity index is 934. The number of nitrogens with one attached hydrogen (secondary N) is 1. The maximum atomic E-state index is 12.7. The fourth-order valence-corrected chi connectivity index (χ4v) is 3.97. The highest BCUT2D eigenvalue weighted by Crippen LogP contribution is 2.26. The normalized spacial score (nSPS) is 11.6. The zero-order valence-electron chi connectivity index (χ0n) is 13.1. The number of nitrogens with zero attached hydrogens (tertiary/aromatic N) is 3. The lowest BCUT2D eigenvalue weighted by Crippen LogP contribution is -2.24. The third-order valence-electron chi connectivity index (χ3n) is 3.32. The van der Waals surface area contributed by atoms with Gasteiger partial charge in [0.1, 0.15) is 10.6 Å². The molecule has 1 aromatic carbocycles. The molecule has 0 radical (unpaired) electrons. The van der Waals surface area contributed by atoms with Crippen molar-refractivity contribution in [1.29, 1.82) is 0 Å². The van der Waals surface area contributed by atoms with Crippen molar-refractivity contribution in [2.45, 2.75) is 18.4 Å². The molecular weight excluding hydrogens is 348 g/mol. The van der Waals surface area contributed by atoms with Gasteiger partial charge in [-0.05, 0) is 31.2 Å². The van der Waals surface area contributed by atoms with Crippen molar-refractivity contribution in [1.82, 2.24) is 19.5 Å². The molecule has 2 heterocycles. The largest absolute Gasteiger partial charge is 0.495 e. The number of aromatic nitrogens is 3. The average molecular weight is 364 g/mol. The molecule has 3 rings (SSSR count). The number of benzene rings is 1. The van der Waals surface area contributed by atoms with Crippen molar-refractivity contribution in [2.75, 3.05) is 7.11 Å². The lowest BCUT2D eigenvalue weighted by Gasteiger charge is -2.12. The topological polar surface area (TPSA) is 86.1 Å². The van der Waals surface area contributed by atoms with Crippen molar-refractivity contribution in [3.8, 4) is 11.4 Å². The fraction of sp³-hybridized carbons (Fsp3) is 0.200. The van der Waals surface area contributed by atoms with Crippen LogP contribution in [0.5, 0.6) is 5.75 Å². The van der Waals surface area contributed by atoms with Crippen LogP contribution >= 0.6 is 11.3 Å². The molecule has 126 valence electrons. The van der Waals surface area contributed by atoms with E-state index in [0.717, 1.165) is 5.01 Å². The quantitative estimate of drug-likeness (QED) is 0.724. The van der Waals surface area contributed by atoms with Crippen LogP contribution in [0.15, 0.2) is 46.9 Å². The van der Waals surface area contributed by atoms with Crippen LogP contribution in [-0.2, 0) is 16.6 Å². The van der Waals surface area contributed by atoms with Crippen molar-refractivity contribution in [3.05, 3.63) is 52.7 Å². The van der Waals surface area contributed by atoms with Crippen molar-refractivity contribution in [3.63, 3.8) is 0 Å². The van der Waals surface area contributed by atoms with Crippen LogP contribution in [0, 0.1) is 6.92 Å². The second-order valence-corrected chi connectivity index (χ2v) is 7.77. The minimum atomic E-state index is -3.76. The second-order valence-electron chi connectivity index (χ2n) is 4.97. The Kier molecular flexibility index (Phi) is 4.65. The van der Waals surface area contributed by atoms with Gasteiger partial charge in [-0.1, -0.05) is 0 Å². The molecule has 0 amide bonds. The summed E-state index contributed by atoms with van der Waals surface area (Å²) >= 11 is 1.48. The molecule has 0 spiro atoms. The van der Waals surface area contributed by atoms with Crippen LogP contribution in [0.4, 0.5) is 0 Å². The van der Waals surface area contributed by atoms with E-state index >= 15 is 0 Å². The first-order valence-corrected chi connectivity index (χ1v) is 9.44. The van der Waals surface area contributed by atoms with Gasteiger partial charge in [0.25, 0.3) is 0 Å². The fourth-order valence-electron chi connectivity index (χ4n) is 2.18. The highest BCUT2D eigenvalue weighted by molar-refractivity contribution is 7.89. The van der Waals surface area contributed by atoms with Gasteiger partial charge >= 0.3 is 0 Å². The van der Waals surface area contributed by atoms with E-state index in [1.807, 2.05) is 12.3 Å². The SMILES string of the molecule is COc1ccc(-n2cccn2)cc1S(=O)(=O)NCc1csc(C)n1. The van der Waals surface area contributed by atoms with Gasteiger partial charge in [-0.3, -0.25) is 0 Å². The zero-order valence-corrected chi connectivity index (χ0v) is 14.8. The number of thiazole rings is 1. The summed E-state index contributed by atoms with van der Waals surface area (Å²) in [4.78, 5) is 4.31. The number of methoxy groups -OCH3 is 1. The van der Waals surface area contributed by atoms with E-state index in [4.69, 9.17) is 4.74 Å². The summed E-state index contributed by atoms with van der Waals surface area (Å²) in [7, 11) is -2.32. The van der Waals surface area contributed by atoms with E-state index in [1.165, 1.54) is 24.5 Å². The Morgan fingerprint density at radius 1 is 1.38 bits per heavy atom. The maximum Gasteiger partial charge on any atom is 0.244 e. The van der Waals surface area contributed by atoms with Crippen molar-refractivity contribution >= 4 is 21.4 Å². The van der Waals surface area contributed by atoms with Gasteiger partial charge in [0, 0.05) is 17.8 Å². The number of sulfonamides is 1. The van der Waals surface area contributed by atoms with Crippen LogP contribution in [0.3, 0.4) is 0 Å². The number of ether oxygens (including phenoxy) is 1. The van der Waals surface area contributed by atoms with E-state index in [1.54, 1.807) is 35.3 Å². The molecule has 0 atom stereocenters. The summed E-state index contributed by atoms with van der Waals surface area (Å²) in [5.74, 6) is 0.271. The Balaban J connectivity index is 1.91. The molecule has 1 N–H and O–H groups in total. The molecule has 0 saturated heterocycles. The predicted octanol–water partition coefficient (Wildman–Crippen LogP) is 2.12. The summed E-state index contributed by atoms with van der Waals surface area (Å²) < 4.78 is 34.7. The Labute approximate surface area is 144 Å². The molecule has 3 aromatic rings. The monoisotopic (exact) mass is 364 g/mol. The molecule has 24 heavy (non-hydrogen) atoms. The first kappa shape index (κ1) is 16.6. The molecule has 0 aliphatic carbocycles. The molecular formula is C15H16N4O3S2. The lowest BCUT2D eigenvalue weighted by molar-refractivity contribution is 0.402. The lowest BCUT2D eigenvalue weighted by atomic mass is 10.3. The summed E-state index contributed by atoms with van der Waals surface area (Å²) in [6.45, 7) is 2.00. The van der Waals surface area contributed by atoms with Crippen LogP contribution < -0.4 is 9.46 Å². The summed E-state index contributed by atoms with van der Waals surface area (Å²) in [6, 6.07) is 6.65. The van der Waals surface area contributed by atoms with Crippen molar-refractivity contribution in [2.24, 2.45) is 0 Å². The third kappa shape index (κ3) is 3.48. The first-order chi connectivity index (χ1) is 11.5. The Hall–Kier alpha value is -2.23. The van der Waals surface area contributed by atoms with Crippen LogP contribution in [-0.4, -0.2) is 30.3 Å². The standard InChI is InChI=1S/C15H16N4O3S2/c1-11-18-12(10-23-11)9-17-24(20,21)15-8-13(4-5-14(15)22-2)19-7-3-6-16-19/h3-8,10,17H,9H2,1-2H3. The molecule has 0 unspecified atom stereocenters. The molecule has 9 heteroatoms. The van der Waals surface area contributed by atoms with E-state index in [2.05, 4.69) is 14.8 Å². The van der Waals surface area contributed by atoms with Crippen LogP contribution in [0.25, 0.3) is 5.69 Å². The van der Waals surface area contributed by atoms with Gasteiger partial charge in [-0.2, -0.15) is 5.10 Å². The predicted molar refractivity (Wildman–Crippen MR) is 91.0 cm³/mol. The van der Waals surface area contributed by atoms with Crippen LogP contribution in [0.1, 0.15) is 10.7 Å². The highest BCUT2D eigenvalue weighted by Gasteiger charge is 2.21. The van der Waals surface area contributed by atoms with E-state index < -0.39 is 10.0 Å². The van der Waals surface area contributed by atoms with E-state index in [9.17, 15) is 8.42 Å². The number of rotatable bonds is 6. The second kappa shape index (κ2) is 6.71. The minimum absolute atomic E-state index is 0.0601. The van der Waals surface area contributed by atoms with Gasteiger partial charge < -0.3 is 4.74 Å². The molecule has 0 aliphatic rings. The first-order valence-electron chi connectivity index (χ1n) is 7.08. The molecule has 0 fully saturated rings. The Morgan fingerprint density at radius 3 is 2.83 bits per heavy atom. The molecule has 0 saturated carbocycles. The van der Waals surface area contributed by atoms with E-state index in [-0.39, 0.29) is 17.2 Å². The van der Waals surface area contributed by atoms with Gasteiger partial charge in [0.05, 0.1) is 30.0 Å². The van der Waals surface area contributed by atoms with E-state index in [0.29, 0.717) is 11.4 Å². The molecule has 7 nitrogen and oxygen atoms in total. The number of aryl methyl sites for hydroxylation is 1.